The zero-order valence-corrected chi connectivity index (χ0v) is 11.3. The number of nitrogens with two attached hydrogens (primary N) is 2. The molecule has 1 aromatic rings. The van der Waals surface area contributed by atoms with Crippen molar-refractivity contribution in [2.24, 2.45) is 10.9 Å². The largest absolute Gasteiger partial charge is 0.491 e. The van der Waals surface area contributed by atoms with Crippen molar-refractivity contribution in [3.63, 3.8) is 0 Å². The monoisotopic (exact) mass is 303 g/mol. The van der Waals surface area contributed by atoms with Gasteiger partial charge in [0.25, 0.3) is 5.69 Å². The molecule has 10 heteroatoms. The quantitative estimate of drug-likeness (QED) is 0.547. The van der Waals surface area contributed by atoms with Crippen molar-refractivity contribution in [2.45, 2.75) is 18.2 Å². The van der Waals surface area contributed by atoms with Crippen molar-refractivity contribution in [2.75, 3.05) is 6.61 Å². The predicted molar refractivity (Wildman–Crippen MR) is 68.5 cm³/mol. The summed E-state index contributed by atoms with van der Waals surface area (Å²) >= 11 is 0. The number of hydrogen-bond donors (Lipinski definition) is 2. The third-order valence-electron chi connectivity index (χ3n) is 2.34. The van der Waals surface area contributed by atoms with E-state index in [2.05, 4.69) is 0 Å². The van der Waals surface area contributed by atoms with E-state index in [4.69, 9.17) is 15.6 Å². The third kappa shape index (κ3) is 3.90. The van der Waals surface area contributed by atoms with Crippen molar-refractivity contribution in [3.8, 4) is 5.75 Å². The second-order valence-corrected chi connectivity index (χ2v) is 5.49. The van der Waals surface area contributed by atoms with Gasteiger partial charge < -0.3 is 10.5 Å². The van der Waals surface area contributed by atoms with Gasteiger partial charge in [-0.15, -0.1) is 0 Å². The number of primary sulfonamides is 1. The molecule has 0 radical (unpaired) electrons. The van der Waals surface area contributed by atoms with Crippen LogP contribution in [0.4, 0.5) is 5.69 Å². The fraction of sp³-hybridized carbons (Fsp3) is 0.300. The van der Waals surface area contributed by atoms with Gasteiger partial charge in [-0.25, -0.2) is 13.6 Å². The van der Waals surface area contributed by atoms with E-state index < -0.39 is 31.4 Å². The summed E-state index contributed by atoms with van der Waals surface area (Å²) in [5.41, 5.74) is 4.72. The van der Waals surface area contributed by atoms with E-state index in [1.807, 2.05) is 0 Å². The van der Waals surface area contributed by atoms with E-state index in [-0.39, 0.29) is 24.3 Å². The first kappa shape index (κ1) is 15.9. The molecule has 0 heterocycles. The Kier molecular flexibility index (Phi) is 4.63. The number of nitro groups is 1. The maximum atomic E-state index is 11.5. The Bertz CT molecular complexity index is 655. The van der Waals surface area contributed by atoms with Crippen molar-refractivity contribution in [1.82, 2.24) is 0 Å². The van der Waals surface area contributed by atoms with Gasteiger partial charge in [0.2, 0.25) is 15.9 Å². The average molecular weight is 303 g/mol. The maximum Gasteiger partial charge on any atom is 0.271 e. The van der Waals surface area contributed by atoms with Crippen LogP contribution in [0.3, 0.4) is 0 Å². The van der Waals surface area contributed by atoms with Crippen LogP contribution in [0.25, 0.3) is 0 Å². The van der Waals surface area contributed by atoms with Gasteiger partial charge in [0.15, 0.2) is 0 Å². The number of primary amides is 1. The molecule has 9 nitrogen and oxygen atoms in total. The summed E-state index contributed by atoms with van der Waals surface area (Å²) in [4.78, 5) is 20.1. The predicted octanol–water partition coefficient (Wildman–Crippen LogP) is -0.195. The summed E-state index contributed by atoms with van der Waals surface area (Å²) in [6.07, 6.45) is -0.125. The van der Waals surface area contributed by atoms with E-state index in [1.165, 1.54) is 6.92 Å². The third-order valence-corrected chi connectivity index (χ3v) is 3.25. The minimum atomic E-state index is -4.21. The van der Waals surface area contributed by atoms with E-state index in [9.17, 15) is 23.3 Å². The van der Waals surface area contributed by atoms with Crippen LogP contribution in [0, 0.1) is 17.0 Å². The molecule has 1 aromatic carbocycles. The Morgan fingerprint density at radius 3 is 2.50 bits per heavy atom. The van der Waals surface area contributed by atoms with Gasteiger partial charge in [-0.3, -0.25) is 14.9 Å². The molecule has 0 unspecified atom stereocenters. The summed E-state index contributed by atoms with van der Waals surface area (Å²) in [6.45, 7) is 1.28. The Hall–Kier alpha value is -2.20. The Balaban J connectivity index is 3.28. The standard InChI is InChI=1S/C10H13N3O6S/c1-6-4-7(13(15)16)5-8(20(12,17)18)10(6)19-3-2-9(11)14/h4-5H,2-3H2,1H3,(H2,11,14)(H2,12,17,18). The highest BCUT2D eigenvalue weighted by atomic mass is 32.2. The normalized spacial score (nSPS) is 11.1. The molecule has 0 saturated carbocycles. The van der Waals surface area contributed by atoms with E-state index >= 15 is 0 Å². The lowest BCUT2D eigenvalue weighted by atomic mass is 10.2. The highest BCUT2D eigenvalue weighted by Crippen LogP contribution is 2.31. The summed E-state index contributed by atoms with van der Waals surface area (Å²) in [5.74, 6) is -0.749. The fourth-order valence-electron chi connectivity index (χ4n) is 1.48. The van der Waals surface area contributed by atoms with Gasteiger partial charge in [-0.05, 0) is 12.5 Å². The fourth-order valence-corrected chi connectivity index (χ4v) is 2.24. The minimum Gasteiger partial charge on any atom is -0.491 e. The number of sulfonamides is 1. The number of amides is 1. The first-order valence-corrected chi connectivity index (χ1v) is 6.90. The summed E-state index contributed by atoms with van der Waals surface area (Å²) in [7, 11) is -4.21. The molecule has 20 heavy (non-hydrogen) atoms. The zero-order valence-electron chi connectivity index (χ0n) is 10.5. The molecule has 0 saturated heterocycles. The lowest BCUT2D eigenvalue weighted by Crippen LogP contribution is -2.18. The molecule has 0 aliphatic rings. The summed E-state index contributed by atoms with van der Waals surface area (Å²) in [5, 5.41) is 15.7. The number of aryl methyl sites for hydroxylation is 1. The van der Waals surface area contributed by atoms with Gasteiger partial charge in [0.05, 0.1) is 18.0 Å². The van der Waals surface area contributed by atoms with Crippen LogP contribution in [0.2, 0.25) is 0 Å². The van der Waals surface area contributed by atoms with Crippen LogP contribution in [-0.2, 0) is 14.8 Å². The molecular weight excluding hydrogens is 290 g/mol. The van der Waals surface area contributed by atoms with Crippen LogP contribution in [-0.4, -0.2) is 25.9 Å². The van der Waals surface area contributed by atoms with Gasteiger partial charge >= 0.3 is 0 Å². The molecule has 110 valence electrons. The molecular formula is C10H13N3O6S. The number of carbonyl (C=O) groups excluding carboxylic acids is 1. The minimum absolute atomic E-state index is 0.125. The van der Waals surface area contributed by atoms with Crippen molar-refractivity contribution in [1.29, 1.82) is 0 Å². The molecule has 0 aliphatic carbocycles. The lowest BCUT2D eigenvalue weighted by Gasteiger charge is -2.12. The molecule has 0 fully saturated rings. The Labute approximate surface area is 114 Å². The highest BCUT2D eigenvalue weighted by Gasteiger charge is 2.22. The van der Waals surface area contributed by atoms with Gasteiger partial charge in [-0.2, -0.15) is 0 Å². The maximum absolute atomic E-state index is 11.5. The van der Waals surface area contributed by atoms with Crippen LogP contribution in [0.1, 0.15) is 12.0 Å². The van der Waals surface area contributed by atoms with Gasteiger partial charge in [-0.1, -0.05) is 0 Å². The first-order valence-electron chi connectivity index (χ1n) is 5.36. The number of nitrogens with zero attached hydrogens (tertiary/aromatic N) is 1. The number of non-ortho nitro benzene ring substituents is 1. The molecule has 0 aliphatic heterocycles. The second kappa shape index (κ2) is 5.84. The van der Waals surface area contributed by atoms with Crippen LogP contribution < -0.4 is 15.6 Å². The molecule has 0 bridgehead atoms. The second-order valence-electron chi connectivity index (χ2n) is 3.96. The lowest BCUT2D eigenvalue weighted by molar-refractivity contribution is -0.385. The number of nitro benzene ring substituents is 1. The molecule has 1 rings (SSSR count). The van der Waals surface area contributed by atoms with Crippen molar-refractivity contribution >= 4 is 21.6 Å². The number of benzene rings is 1. The van der Waals surface area contributed by atoms with Crippen LogP contribution in [0.5, 0.6) is 5.75 Å². The Morgan fingerprint density at radius 2 is 2.05 bits per heavy atom. The molecule has 0 atom stereocenters. The number of hydrogen-bond acceptors (Lipinski definition) is 6. The SMILES string of the molecule is Cc1cc([N+](=O)[O-])cc(S(N)(=O)=O)c1OCCC(N)=O. The van der Waals surface area contributed by atoms with E-state index in [0.717, 1.165) is 12.1 Å². The van der Waals surface area contributed by atoms with E-state index in [0.29, 0.717) is 0 Å². The Morgan fingerprint density at radius 1 is 1.45 bits per heavy atom. The van der Waals surface area contributed by atoms with Crippen molar-refractivity contribution in [3.05, 3.63) is 27.8 Å². The van der Waals surface area contributed by atoms with Gasteiger partial charge in [0.1, 0.15) is 10.6 Å². The molecule has 0 spiro atoms. The van der Waals surface area contributed by atoms with Gasteiger partial charge in [0, 0.05) is 12.1 Å². The number of carbonyl (C=O) groups is 1. The van der Waals surface area contributed by atoms with E-state index in [1.54, 1.807) is 0 Å². The smallest absolute Gasteiger partial charge is 0.271 e. The summed E-state index contributed by atoms with van der Waals surface area (Å²) in [6, 6.07) is 1.95. The molecule has 1 amide bonds. The molecule has 4 N–H and O–H groups in total. The highest BCUT2D eigenvalue weighted by molar-refractivity contribution is 7.89. The number of ether oxygens (including phenoxy) is 1. The molecule has 0 aromatic heterocycles. The zero-order chi connectivity index (χ0) is 15.5. The van der Waals surface area contributed by atoms with Crippen LogP contribution >= 0.6 is 0 Å². The number of rotatable bonds is 6. The van der Waals surface area contributed by atoms with Crippen LogP contribution in [0.15, 0.2) is 17.0 Å². The average Bonchev–Trinajstić information content (AvgIpc) is 2.28. The topological polar surface area (TPSA) is 156 Å². The summed E-state index contributed by atoms with van der Waals surface area (Å²) < 4.78 is 28.1. The van der Waals surface area contributed by atoms with Crippen molar-refractivity contribution < 1.29 is 22.9 Å². The first-order chi connectivity index (χ1) is 9.12.